The van der Waals surface area contributed by atoms with Gasteiger partial charge in [0.05, 0.1) is 28.1 Å². The Labute approximate surface area is 378 Å². The summed E-state index contributed by atoms with van der Waals surface area (Å²) in [5.41, 5.74) is 11.3. The van der Waals surface area contributed by atoms with E-state index in [1.807, 2.05) is 18.2 Å². The molecule has 0 fully saturated rings. The number of hydrogen-bond acceptors (Lipinski definition) is 4. The Bertz CT molecular complexity index is 4280. The molecule has 3 aromatic heterocycles. The van der Waals surface area contributed by atoms with E-state index in [1.165, 1.54) is 43.1 Å². The molecule has 0 saturated carbocycles. The molecule has 1 atom stereocenters. The van der Waals surface area contributed by atoms with E-state index < -0.39 is 0 Å². The van der Waals surface area contributed by atoms with Crippen molar-refractivity contribution in [1.82, 2.24) is 4.57 Å². The Balaban J connectivity index is 1.06. The standard InChI is InChI=1S/C61H39N3O2/c1-36-25-30-50(41-26-28-45-44-20-8-10-23-54(44)65-56(45)35-41)62-61(63-59(36)46-22-12-17-37-13-4-6-18-42(37)46)48-29-32-52(60-58(48)47-21-9-11-24-55(47)66-60)64-51-31-27-38-14-5-7-19-43(38)57(51)49-33-39-15-2-3-16-40(39)34-53(49)64/h2-24,26-36H,25H2,1H3/b50-30+,62-61-,63-59+. The third kappa shape index (κ3) is 5.53. The number of nitrogens with zero attached hydrogens (tertiary/aromatic N) is 3. The molecular weight excluding hydrogens is 807 g/mol. The van der Waals surface area contributed by atoms with Crippen LogP contribution in [0.3, 0.4) is 0 Å². The lowest BCUT2D eigenvalue weighted by molar-refractivity contribution is 0.666. The molecule has 10 aromatic carbocycles. The summed E-state index contributed by atoms with van der Waals surface area (Å²) in [6, 6.07) is 69.1. The molecular formula is C61H39N3O2. The van der Waals surface area contributed by atoms with Crippen molar-refractivity contribution in [3.05, 3.63) is 217 Å². The number of aliphatic imine (C=N–C) groups is 2. The van der Waals surface area contributed by atoms with Crippen molar-refractivity contribution in [1.29, 1.82) is 0 Å². The minimum atomic E-state index is 0.0735. The number of amidine groups is 1. The van der Waals surface area contributed by atoms with Crippen LogP contribution in [0.5, 0.6) is 0 Å². The zero-order chi connectivity index (χ0) is 43.5. The number of aromatic nitrogens is 1. The predicted molar refractivity (Wildman–Crippen MR) is 276 cm³/mol. The number of allylic oxidation sites excluding steroid dienone is 1. The Morgan fingerprint density at radius 1 is 0.455 bits per heavy atom. The van der Waals surface area contributed by atoms with E-state index in [9.17, 15) is 0 Å². The van der Waals surface area contributed by atoms with Crippen molar-refractivity contribution in [2.45, 2.75) is 13.3 Å². The Morgan fingerprint density at radius 3 is 1.95 bits per heavy atom. The van der Waals surface area contributed by atoms with E-state index in [1.54, 1.807) is 0 Å². The van der Waals surface area contributed by atoms with Crippen molar-refractivity contribution in [2.24, 2.45) is 15.9 Å². The molecule has 0 amide bonds. The van der Waals surface area contributed by atoms with Crippen LogP contribution in [0, 0.1) is 5.92 Å². The van der Waals surface area contributed by atoms with Crippen molar-refractivity contribution in [3.8, 4) is 5.69 Å². The van der Waals surface area contributed by atoms with Crippen LogP contribution in [0.4, 0.5) is 0 Å². The van der Waals surface area contributed by atoms with Crippen LogP contribution in [0.2, 0.25) is 0 Å². The van der Waals surface area contributed by atoms with Crippen LogP contribution in [0.25, 0.3) is 109 Å². The third-order valence-electron chi connectivity index (χ3n) is 13.8. The normalized spacial score (nSPS) is 17.2. The summed E-state index contributed by atoms with van der Waals surface area (Å²) in [5.74, 6) is 0.701. The van der Waals surface area contributed by atoms with Crippen LogP contribution >= 0.6 is 0 Å². The molecule has 1 unspecified atom stereocenters. The minimum Gasteiger partial charge on any atom is -0.456 e. The fourth-order valence-corrected chi connectivity index (χ4v) is 10.7. The second-order valence-electron chi connectivity index (χ2n) is 17.7. The van der Waals surface area contributed by atoms with Crippen molar-refractivity contribution in [3.63, 3.8) is 0 Å². The van der Waals surface area contributed by atoms with Crippen molar-refractivity contribution >= 4 is 115 Å². The largest absolute Gasteiger partial charge is 0.456 e. The molecule has 13 aromatic rings. The van der Waals surface area contributed by atoms with Gasteiger partial charge in [-0.2, -0.15) is 0 Å². The molecule has 0 bridgehead atoms. The van der Waals surface area contributed by atoms with Crippen LogP contribution in [-0.4, -0.2) is 16.1 Å². The van der Waals surface area contributed by atoms with E-state index in [0.29, 0.717) is 5.84 Å². The van der Waals surface area contributed by atoms with Gasteiger partial charge in [0.25, 0.3) is 0 Å². The molecule has 1 aliphatic rings. The van der Waals surface area contributed by atoms with E-state index in [0.717, 1.165) is 95.1 Å². The first-order chi connectivity index (χ1) is 32.6. The molecule has 14 rings (SSSR count). The van der Waals surface area contributed by atoms with Gasteiger partial charge in [-0.15, -0.1) is 0 Å². The van der Waals surface area contributed by atoms with Crippen LogP contribution in [-0.2, 0) is 0 Å². The van der Waals surface area contributed by atoms with Gasteiger partial charge < -0.3 is 13.4 Å². The zero-order valence-corrected chi connectivity index (χ0v) is 36.0. The average molecular weight is 846 g/mol. The quantitative estimate of drug-likeness (QED) is 0.177. The first-order valence-corrected chi connectivity index (χ1v) is 22.7. The first-order valence-electron chi connectivity index (χ1n) is 22.7. The maximum absolute atomic E-state index is 7.10. The number of rotatable bonds is 4. The fourth-order valence-electron chi connectivity index (χ4n) is 10.7. The monoisotopic (exact) mass is 845 g/mol. The summed E-state index contributed by atoms with van der Waals surface area (Å²) in [5, 5.41) is 13.8. The lowest BCUT2D eigenvalue weighted by Crippen LogP contribution is -2.17. The molecule has 5 heteroatoms. The van der Waals surface area contributed by atoms with Gasteiger partial charge >= 0.3 is 0 Å². The lowest BCUT2D eigenvalue weighted by Gasteiger charge is -2.20. The fraction of sp³-hybridized carbons (Fsp3) is 0.0492. The summed E-state index contributed by atoms with van der Waals surface area (Å²) >= 11 is 0. The predicted octanol–water partition coefficient (Wildman–Crippen LogP) is 16.4. The summed E-state index contributed by atoms with van der Waals surface area (Å²) in [7, 11) is 0. The second-order valence-corrected chi connectivity index (χ2v) is 17.7. The van der Waals surface area contributed by atoms with Gasteiger partial charge in [-0.25, -0.2) is 9.98 Å². The highest BCUT2D eigenvalue weighted by atomic mass is 16.3. The summed E-state index contributed by atoms with van der Waals surface area (Å²) in [6.45, 7) is 2.28. The second kappa shape index (κ2) is 14.2. The van der Waals surface area contributed by atoms with Crippen LogP contribution in [0.1, 0.15) is 30.0 Å². The maximum Gasteiger partial charge on any atom is 0.160 e. The number of fused-ring (bicyclic) bond motifs is 13. The summed E-state index contributed by atoms with van der Waals surface area (Å²) < 4.78 is 15.9. The molecule has 310 valence electrons. The third-order valence-corrected chi connectivity index (χ3v) is 13.8. The number of furan rings is 2. The first kappa shape index (κ1) is 36.9. The Hall–Kier alpha value is -8.54. The molecule has 1 aliphatic heterocycles. The van der Waals surface area contributed by atoms with Crippen LogP contribution < -0.4 is 0 Å². The lowest BCUT2D eigenvalue weighted by atomic mass is 9.90. The topological polar surface area (TPSA) is 55.9 Å². The Morgan fingerprint density at radius 2 is 1.12 bits per heavy atom. The van der Waals surface area contributed by atoms with Gasteiger partial charge in [-0.3, -0.25) is 0 Å². The summed E-state index contributed by atoms with van der Waals surface area (Å²) in [6.07, 6.45) is 3.03. The molecule has 5 nitrogen and oxygen atoms in total. The SMILES string of the molecule is CC1C/C=C(c2ccc3c(c2)oc2ccccc23)/N=C(c2ccc(-n3c4cc5ccccc5cc4c4c5ccccc5ccc43)c3oc4ccccc4c23)\N=C/1c1cccc2ccccc12. The molecule has 66 heavy (non-hydrogen) atoms. The zero-order valence-electron chi connectivity index (χ0n) is 36.0. The van der Waals surface area contributed by atoms with Crippen molar-refractivity contribution in [2.75, 3.05) is 0 Å². The van der Waals surface area contributed by atoms with E-state index in [-0.39, 0.29) is 5.92 Å². The minimum absolute atomic E-state index is 0.0735. The maximum atomic E-state index is 7.10. The number of benzene rings is 10. The van der Waals surface area contributed by atoms with Gasteiger partial charge in [-0.05, 0) is 93.3 Å². The molecule has 0 N–H and O–H groups in total. The number of para-hydroxylation sites is 2. The highest BCUT2D eigenvalue weighted by Crippen LogP contribution is 2.43. The van der Waals surface area contributed by atoms with Gasteiger partial charge in [0, 0.05) is 54.9 Å². The van der Waals surface area contributed by atoms with Gasteiger partial charge in [0.2, 0.25) is 0 Å². The molecule has 4 heterocycles. The molecule has 0 radical (unpaired) electrons. The number of hydrogen-bond donors (Lipinski definition) is 0. The van der Waals surface area contributed by atoms with E-state index >= 15 is 0 Å². The average Bonchev–Trinajstić information content (AvgIpc) is 4.04. The Kier molecular flexibility index (Phi) is 7.96. The highest BCUT2D eigenvalue weighted by molar-refractivity contribution is 6.27. The van der Waals surface area contributed by atoms with Crippen LogP contribution in [0.15, 0.2) is 219 Å². The van der Waals surface area contributed by atoms with Gasteiger partial charge in [0.1, 0.15) is 16.7 Å². The molecule has 0 saturated heterocycles. The summed E-state index contributed by atoms with van der Waals surface area (Å²) in [4.78, 5) is 11.4. The van der Waals surface area contributed by atoms with E-state index in [2.05, 4.69) is 193 Å². The highest BCUT2D eigenvalue weighted by Gasteiger charge is 2.26. The van der Waals surface area contributed by atoms with Gasteiger partial charge in [-0.1, -0.05) is 153 Å². The van der Waals surface area contributed by atoms with Crippen molar-refractivity contribution < 1.29 is 8.83 Å². The molecule has 0 aliphatic carbocycles. The smallest absolute Gasteiger partial charge is 0.160 e. The molecule has 0 spiro atoms. The van der Waals surface area contributed by atoms with Gasteiger partial charge in [0.15, 0.2) is 11.4 Å². The van der Waals surface area contributed by atoms with E-state index in [4.69, 9.17) is 18.8 Å².